The molecule has 0 unspecified atom stereocenters. The zero-order valence-corrected chi connectivity index (χ0v) is 15.1. The summed E-state index contributed by atoms with van der Waals surface area (Å²) in [6.07, 6.45) is 5.19. The summed E-state index contributed by atoms with van der Waals surface area (Å²) in [6.45, 7) is 0.0270. The maximum atomic E-state index is 11.5. The lowest BCUT2D eigenvalue weighted by molar-refractivity contribution is 0.0696. The molecule has 8 heteroatoms. The number of fused-ring (bicyclic) bond motifs is 2. The number of hydrogen-bond donors (Lipinski definition) is 1. The van der Waals surface area contributed by atoms with E-state index < -0.39 is 5.97 Å². The molecular weight excluding hydrogens is 382 g/mol. The number of carboxylic acid groups (broad SMARTS) is 1. The highest BCUT2D eigenvalue weighted by Gasteiger charge is 2.24. The van der Waals surface area contributed by atoms with Gasteiger partial charge >= 0.3 is 5.97 Å². The van der Waals surface area contributed by atoms with Crippen LogP contribution in [0, 0.1) is 0 Å². The molecule has 3 heterocycles. The molecule has 28 heavy (non-hydrogen) atoms. The Kier molecular flexibility index (Phi) is 3.70. The molecule has 4 aromatic rings. The molecule has 0 atom stereocenters. The van der Waals surface area contributed by atoms with Gasteiger partial charge in [0.15, 0.2) is 11.5 Å². The van der Waals surface area contributed by atoms with Gasteiger partial charge in [-0.1, -0.05) is 11.6 Å². The van der Waals surface area contributed by atoms with Crippen LogP contribution >= 0.6 is 11.6 Å². The molecular formula is C20H12ClN3O4. The van der Waals surface area contributed by atoms with Crippen LogP contribution in [0.3, 0.4) is 0 Å². The molecule has 138 valence electrons. The minimum atomic E-state index is -1.06. The minimum Gasteiger partial charge on any atom is -0.478 e. The Morgan fingerprint density at radius 2 is 2.07 bits per heavy atom. The second-order valence-electron chi connectivity index (χ2n) is 6.22. The number of aromatic carboxylic acids is 1. The van der Waals surface area contributed by atoms with Gasteiger partial charge in [0.05, 0.1) is 28.8 Å². The van der Waals surface area contributed by atoms with Gasteiger partial charge in [0.25, 0.3) is 0 Å². The number of aromatic nitrogens is 3. The average molecular weight is 394 g/mol. The van der Waals surface area contributed by atoms with Crippen LogP contribution in [0.1, 0.15) is 10.4 Å². The number of pyridine rings is 1. The molecule has 0 radical (unpaired) electrons. The maximum Gasteiger partial charge on any atom is 0.335 e. The first-order chi connectivity index (χ1) is 13.6. The van der Waals surface area contributed by atoms with Gasteiger partial charge in [-0.05, 0) is 36.4 Å². The molecule has 0 amide bonds. The summed E-state index contributed by atoms with van der Waals surface area (Å²) >= 11 is 6.17. The van der Waals surface area contributed by atoms with Crippen molar-refractivity contribution in [1.82, 2.24) is 14.5 Å². The Bertz CT molecular complexity index is 1240. The fraction of sp³-hybridized carbons (Fsp3) is 0.0500. The molecule has 0 spiro atoms. The first kappa shape index (κ1) is 16.6. The number of carboxylic acids is 1. The van der Waals surface area contributed by atoms with Gasteiger partial charge < -0.3 is 19.1 Å². The third-order valence-electron chi connectivity index (χ3n) is 4.53. The van der Waals surface area contributed by atoms with E-state index in [9.17, 15) is 9.90 Å². The van der Waals surface area contributed by atoms with Gasteiger partial charge in [-0.2, -0.15) is 0 Å². The Morgan fingerprint density at radius 1 is 1.18 bits per heavy atom. The molecule has 7 nitrogen and oxygen atoms in total. The summed E-state index contributed by atoms with van der Waals surface area (Å²) in [4.78, 5) is 20.4. The van der Waals surface area contributed by atoms with E-state index in [4.69, 9.17) is 26.1 Å². The molecule has 5 rings (SSSR count). The van der Waals surface area contributed by atoms with E-state index in [0.29, 0.717) is 33.3 Å². The Hall–Kier alpha value is -3.58. The van der Waals surface area contributed by atoms with Gasteiger partial charge in [0.1, 0.15) is 0 Å². The summed E-state index contributed by atoms with van der Waals surface area (Å²) in [6, 6.07) is 10.3. The number of carbonyl (C=O) groups is 1. The topological polar surface area (TPSA) is 86.5 Å². The van der Waals surface area contributed by atoms with Crippen LogP contribution in [0.25, 0.3) is 27.8 Å². The van der Waals surface area contributed by atoms with Crippen LogP contribution in [0.5, 0.6) is 11.5 Å². The van der Waals surface area contributed by atoms with E-state index in [2.05, 4.69) is 4.98 Å². The van der Waals surface area contributed by atoms with E-state index in [0.717, 1.165) is 11.1 Å². The zero-order chi connectivity index (χ0) is 19.3. The molecule has 0 aliphatic carbocycles. The summed E-state index contributed by atoms with van der Waals surface area (Å²) in [5.41, 5.74) is 2.68. The summed E-state index contributed by atoms with van der Waals surface area (Å²) in [7, 11) is 0. The number of halogens is 1. The summed E-state index contributed by atoms with van der Waals surface area (Å²) < 4.78 is 12.9. The molecule has 0 fully saturated rings. The smallest absolute Gasteiger partial charge is 0.335 e. The fourth-order valence-electron chi connectivity index (χ4n) is 3.26. The highest BCUT2D eigenvalue weighted by atomic mass is 35.5. The first-order valence-electron chi connectivity index (χ1n) is 8.36. The van der Waals surface area contributed by atoms with E-state index in [1.54, 1.807) is 24.7 Å². The fourth-order valence-corrected chi connectivity index (χ4v) is 3.43. The van der Waals surface area contributed by atoms with Crippen molar-refractivity contribution >= 4 is 28.5 Å². The predicted octanol–water partition coefficient (Wildman–Crippen LogP) is 4.17. The normalized spacial score (nSPS) is 12.5. The van der Waals surface area contributed by atoms with Crippen LogP contribution in [-0.2, 0) is 0 Å². The molecule has 0 saturated heterocycles. The summed E-state index contributed by atoms with van der Waals surface area (Å²) in [5.74, 6) is -0.208. The van der Waals surface area contributed by atoms with E-state index in [1.807, 2.05) is 22.9 Å². The predicted molar refractivity (Wildman–Crippen MR) is 102 cm³/mol. The minimum absolute atomic E-state index is 0.0270. The standard InChI is InChI=1S/C20H12ClN3O4/c21-12-1-2-13-15(7-12)23-16(8-17(13)24-4-3-22-9-24)14-5-11(20(25)26)6-18-19(14)28-10-27-18/h1-9H,10H2,(H,25,26). The lowest BCUT2D eigenvalue weighted by Gasteiger charge is -2.13. The SMILES string of the molecule is O=C(O)c1cc2c(c(-c3cc(-n4ccnc4)c4ccc(Cl)cc4n3)c1)OCO2. The van der Waals surface area contributed by atoms with Gasteiger partial charge in [0.2, 0.25) is 6.79 Å². The van der Waals surface area contributed by atoms with Crippen molar-refractivity contribution in [2.24, 2.45) is 0 Å². The quantitative estimate of drug-likeness (QED) is 0.562. The monoisotopic (exact) mass is 393 g/mol. The molecule has 1 aliphatic rings. The van der Waals surface area contributed by atoms with Crippen LogP contribution in [0.15, 0.2) is 55.1 Å². The van der Waals surface area contributed by atoms with Crippen LogP contribution in [-0.4, -0.2) is 32.4 Å². The second kappa shape index (κ2) is 6.24. The first-order valence-corrected chi connectivity index (χ1v) is 8.74. The zero-order valence-electron chi connectivity index (χ0n) is 14.3. The lowest BCUT2D eigenvalue weighted by Crippen LogP contribution is -1.99. The van der Waals surface area contributed by atoms with Gasteiger partial charge in [-0.3, -0.25) is 0 Å². The number of nitrogens with zero attached hydrogens (tertiary/aromatic N) is 3. The highest BCUT2D eigenvalue weighted by molar-refractivity contribution is 6.31. The molecule has 2 aromatic heterocycles. The van der Waals surface area contributed by atoms with Gasteiger partial charge in [-0.25, -0.2) is 14.8 Å². The number of rotatable bonds is 3. The van der Waals surface area contributed by atoms with Gasteiger partial charge in [-0.15, -0.1) is 0 Å². The molecule has 0 saturated carbocycles. The van der Waals surface area contributed by atoms with Crippen molar-refractivity contribution in [2.45, 2.75) is 0 Å². The average Bonchev–Trinajstić information content (AvgIpc) is 3.37. The Morgan fingerprint density at radius 3 is 2.86 bits per heavy atom. The highest BCUT2D eigenvalue weighted by Crippen LogP contribution is 2.43. The number of imidazole rings is 1. The third-order valence-corrected chi connectivity index (χ3v) is 4.76. The van der Waals surface area contributed by atoms with Crippen molar-refractivity contribution in [3.8, 4) is 28.4 Å². The van der Waals surface area contributed by atoms with Crippen molar-refractivity contribution in [1.29, 1.82) is 0 Å². The lowest BCUT2D eigenvalue weighted by atomic mass is 10.0. The molecule has 0 bridgehead atoms. The number of hydrogen-bond acceptors (Lipinski definition) is 5. The Labute approximate surface area is 163 Å². The molecule has 1 N–H and O–H groups in total. The third kappa shape index (κ3) is 2.64. The number of ether oxygens (including phenoxy) is 2. The maximum absolute atomic E-state index is 11.5. The van der Waals surface area contributed by atoms with Crippen molar-refractivity contribution < 1.29 is 19.4 Å². The van der Waals surface area contributed by atoms with E-state index in [-0.39, 0.29) is 12.4 Å². The van der Waals surface area contributed by atoms with Crippen LogP contribution < -0.4 is 9.47 Å². The molecule has 2 aromatic carbocycles. The Balaban J connectivity index is 1.82. The second-order valence-corrected chi connectivity index (χ2v) is 6.66. The van der Waals surface area contributed by atoms with Crippen molar-refractivity contribution in [2.75, 3.05) is 6.79 Å². The van der Waals surface area contributed by atoms with E-state index >= 15 is 0 Å². The van der Waals surface area contributed by atoms with Crippen molar-refractivity contribution in [3.63, 3.8) is 0 Å². The van der Waals surface area contributed by atoms with Crippen LogP contribution in [0.2, 0.25) is 5.02 Å². The van der Waals surface area contributed by atoms with Gasteiger partial charge in [0, 0.05) is 28.4 Å². The summed E-state index contributed by atoms with van der Waals surface area (Å²) in [5, 5.41) is 10.9. The molecule has 1 aliphatic heterocycles. The number of benzene rings is 2. The van der Waals surface area contributed by atoms with Crippen molar-refractivity contribution in [3.05, 3.63) is 65.7 Å². The van der Waals surface area contributed by atoms with E-state index in [1.165, 1.54) is 12.1 Å². The van der Waals surface area contributed by atoms with Crippen LogP contribution in [0.4, 0.5) is 0 Å². The largest absolute Gasteiger partial charge is 0.478 e.